The molecule has 0 unspecified atom stereocenters. The summed E-state index contributed by atoms with van der Waals surface area (Å²) in [6.07, 6.45) is 1.81. The van der Waals surface area contributed by atoms with Crippen LogP contribution in [0.2, 0.25) is 0 Å². The number of carbonyl (C=O) groups excluding carboxylic acids is 1. The predicted octanol–water partition coefficient (Wildman–Crippen LogP) is 2.28. The Morgan fingerprint density at radius 2 is 1.72 bits per heavy atom. The number of amides is 2. The number of morpholine rings is 1. The zero-order valence-electron chi connectivity index (χ0n) is 17.1. The molecule has 0 atom stereocenters. The fourth-order valence-electron chi connectivity index (χ4n) is 3.65. The summed E-state index contributed by atoms with van der Waals surface area (Å²) >= 11 is 0. The van der Waals surface area contributed by atoms with Crippen molar-refractivity contribution in [3.05, 3.63) is 41.6 Å². The molecule has 1 aromatic heterocycles. The van der Waals surface area contributed by atoms with Crippen molar-refractivity contribution in [2.75, 3.05) is 67.6 Å². The topological polar surface area (TPSA) is 73.8 Å². The molecular formula is C21H28N6O2. The lowest BCUT2D eigenvalue weighted by Crippen LogP contribution is -2.50. The van der Waals surface area contributed by atoms with Gasteiger partial charge in [-0.3, -0.25) is 0 Å². The van der Waals surface area contributed by atoms with E-state index in [2.05, 4.69) is 45.2 Å². The van der Waals surface area contributed by atoms with Crippen molar-refractivity contribution in [2.24, 2.45) is 0 Å². The predicted molar refractivity (Wildman–Crippen MR) is 114 cm³/mol. The summed E-state index contributed by atoms with van der Waals surface area (Å²) in [4.78, 5) is 18.9. The van der Waals surface area contributed by atoms with Gasteiger partial charge < -0.3 is 24.8 Å². The maximum atomic E-state index is 12.6. The highest BCUT2D eigenvalue weighted by Gasteiger charge is 2.23. The average molecular weight is 396 g/mol. The number of ether oxygens (including phenoxy) is 1. The Kier molecular flexibility index (Phi) is 5.80. The van der Waals surface area contributed by atoms with Crippen molar-refractivity contribution in [2.45, 2.75) is 13.8 Å². The van der Waals surface area contributed by atoms with Crippen LogP contribution in [0, 0.1) is 13.8 Å². The molecule has 1 aromatic carbocycles. The number of aromatic nitrogens is 2. The first kappa shape index (κ1) is 19.4. The molecule has 8 heteroatoms. The maximum Gasteiger partial charge on any atom is 0.321 e. The van der Waals surface area contributed by atoms with Gasteiger partial charge in [0.25, 0.3) is 0 Å². The second-order valence-electron chi connectivity index (χ2n) is 7.57. The van der Waals surface area contributed by atoms with Crippen LogP contribution in [0.25, 0.3) is 0 Å². The number of aryl methyl sites for hydroxylation is 2. The molecular weight excluding hydrogens is 368 g/mol. The monoisotopic (exact) mass is 396 g/mol. The van der Waals surface area contributed by atoms with Crippen molar-refractivity contribution in [3.8, 4) is 0 Å². The van der Waals surface area contributed by atoms with E-state index >= 15 is 0 Å². The molecule has 154 valence electrons. The van der Waals surface area contributed by atoms with Gasteiger partial charge in [0.15, 0.2) is 5.82 Å². The standard InChI is InChI=1S/C21H28N6O2/c1-16-3-4-18(13-17(16)2)23-21(28)27-7-5-26(6-8-27)20-14-19(15-22-24-20)25-9-11-29-12-10-25/h3-4,13-15H,5-12H2,1-2H3,(H,23,28). The van der Waals surface area contributed by atoms with Gasteiger partial charge in [0.1, 0.15) is 0 Å². The molecule has 2 aromatic rings. The lowest BCUT2D eigenvalue weighted by Gasteiger charge is -2.35. The smallest absolute Gasteiger partial charge is 0.321 e. The second kappa shape index (κ2) is 8.65. The summed E-state index contributed by atoms with van der Waals surface area (Å²) < 4.78 is 5.43. The molecule has 2 fully saturated rings. The lowest BCUT2D eigenvalue weighted by molar-refractivity contribution is 0.122. The fourth-order valence-corrected chi connectivity index (χ4v) is 3.65. The Morgan fingerprint density at radius 3 is 2.45 bits per heavy atom. The summed E-state index contributed by atoms with van der Waals surface area (Å²) in [6, 6.07) is 8.02. The minimum Gasteiger partial charge on any atom is -0.378 e. The summed E-state index contributed by atoms with van der Waals surface area (Å²) in [6.45, 7) is 10.1. The van der Waals surface area contributed by atoms with Crippen molar-refractivity contribution in [1.29, 1.82) is 0 Å². The number of carbonyl (C=O) groups is 1. The first-order valence-corrected chi connectivity index (χ1v) is 10.1. The number of hydrogen-bond donors (Lipinski definition) is 1. The minimum absolute atomic E-state index is 0.0546. The largest absolute Gasteiger partial charge is 0.378 e. The van der Waals surface area contributed by atoms with Gasteiger partial charge in [-0.25, -0.2) is 4.79 Å². The van der Waals surface area contributed by atoms with E-state index in [9.17, 15) is 4.79 Å². The Labute approximate surface area is 171 Å². The van der Waals surface area contributed by atoms with E-state index in [0.29, 0.717) is 13.1 Å². The van der Waals surface area contributed by atoms with Crippen LogP contribution in [0.5, 0.6) is 0 Å². The molecule has 2 amide bonds. The van der Waals surface area contributed by atoms with Crippen molar-refractivity contribution in [1.82, 2.24) is 15.1 Å². The third kappa shape index (κ3) is 4.59. The van der Waals surface area contributed by atoms with Crippen molar-refractivity contribution >= 4 is 23.2 Å². The molecule has 0 radical (unpaired) electrons. The molecule has 29 heavy (non-hydrogen) atoms. The number of benzene rings is 1. The molecule has 2 aliphatic rings. The highest BCUT2D eigenvalue weighted by molar-refractivity contribution is 5.89. The number of anilines is 3. The van der Waals surface area contributed by atoms with E-state index < -0.39 is 0 Å². The number of piperazine rings is 1. The molecule has 0 saturated carbocycles. The molecule has 2 saturated heterocycles. The van der Waals surface area contributed by atoms with Gasteiger partial charge in [-0.15, -0.1) is 5.10 Å². The fraction of sp³-hybridized carbons (Fsp3) is 0.476. The van der Waals surface area contributed by atoms with Gasteiger partial charge in [0.05, 0.1) is 25.1 Å². The van der Waals surface area contributed by atoms with Gasteiger partial charge >= 0.3 is 6.03 Å². The SMILES string of the molecule is Cc1ccc(NC(=O)N2CCN(c3cc(N4CCOCC4)cnn3)CC2)cc1C. The van der Waals surface area contributed by atoms with Gasteiger partial charge in [0, 0.05) is 51.0 Å². The number of rotatable bonds is 3. The molecule has 8 nitrogen and oxygen atoms in total. The third-order valence-corrected chi connectivity index (χ3v) is 5.65. The van der Waals surface area contributed by atoms with E-state index in [-0.39, 0.29) is 6.03 Å². The van der Waals surface area contributed by atoms with Crippen LogP contribution in [0.1, 0.15) is 11.1 Å². The van der Waals surface area contributed by atoms with E-state index in [1.165, 1.54) is 11.1 Å². The molecule has 3 heterocycles. The Hall–Kier alpha value is -2.87. The summed E-state index contributed by atoms with van der Waals surface area (Å²) in [5, 5.41) is 11.5. The molecule has 4 rings (SSSR count). The quantitative estimate of drug-likeness (QED) is 0.858. The minimum atomic E-state index is -0.0546. The molecule has 2 aliphatic heterocycles. The maximum absolute atomic E-state index is 12.6. The van der Waals surface area contributed by atoms with Crippen LogP contribution in [0.3, 0.4) is 0 Å². The van der Waals surface area contributed by atoms with Crippen LogP contribution in [0.4, 0.5) is 22.0 Å². The number of urea groups is 1. The Morgan fingerprint density at radius 1 is 0.966 bits per heavy atom. The van der Waals surface area contributed by atoms with Crippen molar-refractivity contribution < 1.29 is 9.53 Å². The molecule has 0 spiro atoms. The zero-order valence-corrected chi connectivity index (χ0v) is 17.1. The number of nitrogens with zero attached hydrogens (tertiary/aromatic N) is 5. The summed E-state index contributed by atoms with van der Waals surface area (Å²) in [5.41, 5.74) is 4.31. The number of nitrogens with one attached hydrogen (secondary N) is 1. The van der Waals surface area contributed by atoms with E-state index in [1.54, 1.807) is 0 Å². The number of hydrogen-bond acceptors (Lipinski definition) is 6. The highest BCUT2D eigenvalue weighted by atomic mass is 16.5. The zero-order chi connectivity index (χ0) is 20.2. The Bertz CT molecular complexity index is 860. The summed E-state index contributed by atoms with van der Waals surface area (Å²) in [5.74, 6) is 0.864. The first-order valence-electron chi connectivity index (χ1n) is 10.1. The van der Waals surface area contributed by atoms with Crippen LogP contribution in [-0.4, -0.2) is 73.6 Å². The molecule has 0 bridgehead atoms. The third-order valence-electron chi connectivity index (χ3n) is 5.65. The van der Waals surface area contributed by atoms with E-state index in [1.807, 2.05) is 29.3 Å². The van der Waals surface area contributed by atoms with Crippen LogP contribution in [0.15, 0.2) is 30.5 Å². The van der Waals surface area contributed by atoms with E-state index in [4.69, 9.17) is 4.74 Å². The van der Waals surface area contributed by atoms with Gasteiger partial charge in [-0.1, -0.05) is 6.07 Å². The molecule has 1 N–H and O–H groups in total. The van der Waals surface area contributed by atoms with Crippen molar-refractivity contribution in [3.63, 3.8) is 0 Å². The van der Waals surface area contributed by atoms with Gasteiger partial charge in [-0.2, -0.15) is 5.10 Å². The highest BCUT2D eigenvalue weighted by Crippen LogP contribution is 2.21. The second-order valence-corrected chi connectivity index (χ2v) is 7.57. The Balaban J connectivity index is 1.34. The normalized spacial score (nSPS) is 17.4. The van der Waals surface area contributed by atoms with Gasteiger partial charge in [0.2, 0.25) is 0 Å². The first-order chi connectivity index (χ1) is 14.1. The van der Waals surface area contributed by atoms with Gasteiger partial charge in [-0.05, 0) is 37.1 Å². The van der Waals surface area contributed by atoms with Crippen LogP contribution >= 0.6 is 0 Å². The average Bonchev–Trinajstić information content (AvgIpc) is 2.77. The van der Waals surface area contributed by atoms with E-state index in [0.717, 1.165) is 56.6 Å². The summed E-state index contributed by atoms with van der Waals surface area (Å²) in [7, 11) is 0. The lowest BCUT2D eigenvalue weighted by atomic mass is 10.1. The van der Waals surface area contributed by atoms with Crippen LogP contribution < -0.4 is 15.1 Å². The molecule has 0 aliphatic carbocycles. The van der Waals surface area contributed by atoms with Crippen LogP contribution in [-0.2, 0) is 4.74 Å².